The topological polar surface area (TPSA) is 153 Å². The van der Waals surface area contributed by atoms with Crippen molar-refractivity contribution in [1.29, 1.82) is 0 Å². The number of aliphatic hydroxyl groups is 2. The lowest BCUT2D eigenvalue weighted by Crippen LogP contribution is -2.62. The van der Waals surface area contributed by atoms with Gasteiger partial charge in [0.05, 0.1) is 34.2 Å². The molecule has 8 atom stereocenters. The molecule has 2 aromatic rings. The number of aliphatic hydroxyl groups excluding tert-OH is 2. The maximum atomic E-state index is 14.2. The predicted molar refractivity (Wildman–Crippen MR) is 196 cm³/mol. The van der Waals surface area contributed by atoms with Crippen molar-refractivity contribution in [3.63, 3.8) is 0 Å². The Bertz CT molecular complexity index is 1590. The van der Waals surface area contributed by atoms with Crippen LogP contribution in [0.15, 0.2) is 36.4 Å². The van der Waals surface area contributed by atoms with Crippen LogP contribution in [0.1, 0.15) is 56.5 Å². The standard InChI is InChI=1S/C38H54BN5O7/c1-21-29-16-26(38(29,3)4)17-30(21)42-37(49)34-33(22(2)46)31(20-45)51-44(34)19-23-9-8-10-28(35(23)50-7)24-13-25(15-27(14-24)43(5)6)36(48)41-12-11-40-32(47)18-39/h8-10,13-15,21-22,26,29-31,33-34,45-46H,11-12,16-20H2,1-7H3,(H,40,47)(H,41,48)(H,42,49)/t21-,22-,26+,29-,30-,31-,33+,34-/m0/s1. The van der Waals surface area contributed by atoms with Crippen molar-refractivity contribution >= 4 is 31.3 Å². The monoisotopic (exact) mass is 703 g/mol. The molecule has 12 nitrogen and oxygen atoms in total. The molecule has 3 amide bonds. The van der Waals surface area contributed by atoms with Crippen LogP contribution < -0.4 is 25.6 Å². The van der Waals surface area contributed by atoms with Crippen molar-refractivity contribution in [3.8, 4) is 16.9 Å². The largest absolute Gasteiger partial charge is 0.496 e. The first-order valence-corrected chi connectivity index (χ1v) is 18.0. The molecule has 1 heterocycles. The summed E-state index contributed by atoms with van der Waals surface area (Å²) in [6.45, 7) is 8.77. The molecule has 3 saturated carbocycles. The number of hydroxylamine groups is 2. The Morgan fingerprint density at radius 2 is 1.86 bits per heavy atom. The van der Waals surface area contributed by atoms with Gasteiger partial charge < -0.3 is 35.8 Å². The molecule has 1 aliphatic heterocycles. The Balaban J connectivity index is 1.41. The van der Waals surface area contributed by atoms with Crippen LogP contribution in [0.2, 0.25) is 6.32 Å². The van der Waals surface area contributed by atoms with Crippen LogP contribution in [0.4, 0.5) is 5.69 Å². The molecule has 4 fully saturated rings. The van der Waals surface area contributed by atoms with Gasteiger partial charge in [-0.05, 0) is 73.0 Å². The van der Waals surface area contributed by atoms with Gasteiger partial charge in [0.25, 0.3) is 5.91 Å². The summed E-state index contributed by atoms with van der Waals surface area (Å²) in [5.41, 5.74) is 3.69. The SMILES string of the molecule is [B]CC(=O)NCCNC(=O)c1cc(-c2cccc(CN3O[C@@H](CO)[C@@H]([C@H](C)O)[C@H]3C(=O)N[C@H]3C[C@H]4C[C@@H]([C@@H]3C)C4(C)C)c2OC)cc(N(C)C)c1. The third-order valence-corrected chi connectivity index (χ3v) is 11.6. The smallest absolute Gasteiger partial charge is 0.251 e. The van der Waals surface area contributed by atoms with E-state index in [0.29, 0.717) is 29.1 Å². The number of methoxy groups -OCH3 is 1. The van der Waals surface area contributed by atoms with E-state index in [2.05, 4.69) is 36.7 Å². The molecule has 2 bridgehead atoms. The van der Waals surface area contributed by atoms with E-state index >= 15 is 0 Å². The number of ether oxygens (including phenoxy) is 1. The number of amides is 3. The summed E-state index contributed by atoms with van der Waals surface area (Å²) in [5.74, 6) is 0.486. The number of hydrogen-bond donors (Lipinski definition) is 5. The fraction of sp³-hybridized carbons (Fsp3) is 0.605. The lowest BCUT2D eigenvalue weighted by atomic mass is 9.45. The maximum Gasteiger partial charge on any atom is 0.251 e. The van der Waals surface area contributed by atoms with Crippen LogP contribution >= 0.6 is 0 Å². The second kappa shape index (κ2) is 15.9. The molecule has 1 saturated heterocycles. The van der Waals surface area contributed by atoms with Crippen molar-refractivity contribution in [2.45, 2.75) is 77.7 Å². The minimum Gasteiger partial charge on any atom is -0.496 e. The third kappa shape index (κ3) is 7.91. The maximum absolute atomic E-state index is 14.2. The zero-order valence-corrected chi connectivity index (χ0v) is 30.9. The number of carbonyl (C=O) groups excluding carboxylic acids is 3. The highest BCUT2D eigenvalue weighted by molar-refractivity contribution is 6.19. The fourth-order valence-electron chi connectivity index (χ4n) is 8.54. The van der Waals surface area contributed by atoms with Gasteiger partial charge in [0, 0.05) is 61.5 Å². The normalized spacial score (nSPS) is 27.2. The number of carbonyl (C=O) groups is 3. The Hall–Kier alpha value is -3.65. The second-order valence-corrected chi connectivity index (χ2v) is 15.2. The van der Waals surface area contributed by atoms with Gasteiger partial charge in [-0.25, -0.2) is 0 Å². The van der Waals surface area contributed by atoms with E-state index in [-0.39, 0.29) is 61.7 Å². The van der Waals surface area contributed by atoms with E-state index < -0.39 is 24.2 Å². The average molecular weight is 704 g/mol. The van der Waals surface area contributed by atoms with Crippen LogP contribution in [0.3, 0.4) is 0 Å². The van der Waals surface area contributed by atoms with E-state index in [1.807, 2.05) is 43.3 Å². The van der Waals surface area contributed by atoms with E-state index in [9.17, 15) is 24.6 Å². The van der Waals surface area contributed by atoms with Crippen molar-refractivity contribution in [2.75, 3.05) is 45.8 Å². The predicted octanol–water partition coefficient (Wildman–Crippen LogP) is 2.52. The lowest BCUT2D eigenvalue weighted by molar-refractivity contribution is -0.183. The van der Waals surface area contributed by atoms with Crippen LogP contribution in [0.5, 0.6) is 5.75 Å². The summed E-state index contributed by atoms with van der Waals surface area (Å²) in [6.07, 6.45) is 0.300. The number of nitrogens with one attached hydrogen (secondary N) is 3. The zero-order chi connectivity index (χ0) is 37.2. The van der Waals surface area contributed by atoms with Crippen LogP contribution in [0, 0.1) is 29.1 Å². The second-order valence-electron chi connectivity index (χ2n) is 15.2. The Morgan fingerprint density at radius 3 is 2.47 bits per heavy atom. The molecule has 0 unspecified atom stereocenters. The molecule has 5 N–H and O–H groups in total. The molecule has 2 aromatic carbocycles. The highest BCUT2D eigenvalue weighted by atomic mass is 16.7. The average Bonchev–Trinajstić information content (AvgIpc) is 3.48. The molecule has 4 aliphatic rings. The molecule has 2 radical (unpaired) electrons. The van der Waals surface area contributed by atoms with Gasteiger partial charge in [-0.3, -0.25) is 19.2 Å². The van der Waals surface area contributed by atoms with Crippen molar-refractivity contribution in [2.24, 2.45) is 29.1 Å². The molecule has 3 aliphatic carbocycles. The minimum absolute atomic E-state index is 0.0249. The number of nitrogens with zero attached hydrogens (tertiary/aromatic N) is 2. The first-order valence-electron chi connectivity index (χ1n) is 18.0. The first-order chi connectivity index (χ1) is 24.2. The number of rotatable bonds is 14. The molecular formula is C38H54BN5O7. The van der Waals surface area contributed by atoms with E-state index in [1.165, 1.54) is 6.42 Å². The Morgan fingerprint density at radius 1 is 1.14 bits per heavy atom. The quantitative estimate of drug-likeness (QED) is 0.148. The minimum atomic E-state index is -0.914. The van der Waals surface area contributed by atoms with Crippen LogP contribution in [-0.4, -0.2) is 106 Å². The third-order valence-electron chi connectivity index (χ3n) is 11.6. The Labute approximate surface area is 303 Å². The summed E-state index contributed by atoms with van der Waals surface area (Å²) in [7, 11) is 10.7. The summed E-state index contributed by atoms with van der Waals surface area (Å²) < 4.78 is 6.00. The fourth-order valence-corrected chi connectivity index (χ4v) is 8.54. The van der Waals surface area contributed by atoms with Crippen LogP contribution in [0.25, 0.3) is 11.1 Å². The highest BCUT2D eigenvalue weighted by Gasteiger charge is 2.57. The lowest BCUT2D eigenvalue weighted by Gasteiger charge is -2.62. The van der Waals surface area contributed by atoms with Gasteiger partial charge in [-0.15, -0.1) is 0 Å². The number of benzene rings is 2. The molecule has 0 aromatic heterocycles. The van der Waals surface area contributed by atoms with Gasteiger partial charge in [0.2, 0.25) is 11.8 Å². The van der Waals surface area contributed by atoms with Gasteiger partial charge in [0.1, 0.15) is 17.9 Å². The van der Waals surface area contributed by atoms with Crippen LogP contribution in [-0.2, 0) is 21.0 Å². The molecule has 6 rings (SSSR count). The Kier molecular flexibility index (Phi) is 12.1. The van der Waals surface area contributed by atoms with Gasteiger partial charge in [-0.2, -0.15) is 5.06 Å². The zero-order valence-electron chi connectivity index (χ0n) is 30.9. The molecule has 276 valence electrons. The molecule has 13 heteroatoms. The number of para-hydroxylation sites is 1. The number of hydrogen-bond acceptors (Lipinski definition) is 9. The molecule has 51 heavy (non-hydrogen) atoms. The van der Waals surface area contributed by atoms with Crippen molar-refractivity contribution in [3.05, 3.63) is 47.5 Å². The summed E-state index contributed by atoms with van der Waals surface area (Å²) in [6, 6.07) is 10.4. The molecule has 0 spiro atoms. The first kappa shape index (κ1) is 38.6. The molecular weight excluding hydrogens is 649 g/mol. The van der Waals surface area contributed by atoms with Gasteiger partial charge in [-0.1, -0.05) is 39.0 Å². The number of fused-ring (bicyclic) bond motifs is 2. The van der Waals surface area contributed by atoms with E-state index in [4.69, 9.17) is 17.4 Å². The van der Waals surface area contributed by atoms with Gasteiger partial charge in [0.15, 0.2) is 0 Å². The van der Waals surface area contributed by atoms with Crippen molar-refractivity contribution in [1.82, 2.24) is 21.0 Å². The highest BCUT2D eigenvalue weighted by Crippen LogP contribution is 2.61. The number of anilines is 1. The summed E-state index contributed by atoms with van der Waals surface area (Å²) >= 11 is 0. The van der Waals surface area contributed by atoms with E-state index in [1.54, 1.807) is 31.2 Å². The van der Waals surface area contributed by atoms with Crippen molar-refractivity contribution < 1.29 is 34.2 Å². The summed E-state index contributed by atoms with van der Waals surface area (Å²) in [5, 5.41) is 31.6. The summed E-state index contributed by atoms with van der Waals surface area (Å²) in [4.78, 5) is 47.0. The van der Waals surface area contributed by atoms with E-state index in [0.717, 1.165) is 28.8 Å². The van der Waals surface area contributed by atoms with Gasteiger partial charge >= 0.3 is 0 Å².